The molecule has 3 aromatic rings. The monoisotopic (exact) mass is 463 g/mol. The third-order valence-electron chi connectivity index (χ3n) is 5.86. The van der Waals surface area contributed by atoms with Gasteiger partial charge in [0.1, 0.15) is 22.8 Å². The topological polar surface area (TPSA) is 92.4 Å². The van der Waals surface area contributed by atoms with E-state index in [-0.39, 0.29) is 6.09 Å². The van der Waals surface area contributed by atoms with Gasteiger partial charge in [0.15, 0.2) is 0 Å². The fraction of sp³-hybridized carbons (Fsp3) is 0.400. The number of imidazole rings is 1. The predicted molar refractivity (Wildman–Crippen MR) is 129 cm³/mol. The van der Waals surface area contributed by atoms with Crippen LogP contribution in [-0.4, -0.2) is 68.5 Å². The van der Waals surface area contributed by atoms with Crippen LogP contribution in [0.25, 0.3) is 17.3 Å². The van der Waals surface area contributed by atoms with Gasteiger partial charge in [-0.25, -0.2) is 14.8 Å². The third kappa shape index (κ3) is 4.43. The average Bonchev–Trinajstić information content (AvgIpc) is 3.20. The number of hydrogen-bond acceptors (Lipinski definition) is 7. The van der Waals surface area contributed by atoms with Crippen molar-refractivity contribution in [1.29, 1.82) is 0 Å². The highest BCUT2D eigenvalue weighted by Gasteiger charge is 2.28. The maximum atomic E-state index is 12.3. The molecule has 1 amide bonds. The molecule has 1 N–H and O–H groups in total. The summed E-state index contributed by atoms with van der Waals surface area (Å²) < 4.78 is 13.2. The van der Waals surface area contributed by atoms with Gasteiger partial charge in [0, 0.05) is 62.0 Å². The second-order valence-electron chi connectivity index (χ2n) is 9.70. The number of carbonyl (C=O) groups is 1. The Morgan fingerprint density at radius 2 is 1.97 bits per heavy atom. The predicted octanol–water partition coefficient (Wildman–Crippen LogP) is 3.35. The first-order chi connectivity index (χ1) is 16.2. The number of amides is 1. The molecule has 0 bridgehead atoms. The van der Waals surface area contributed by atoms with E-state index in [9.17, 15) is 9.90 Å². The molecule has 1 saturated heterocycles. The number of piperazine rings is 1. The average molecular weight is 464 g/mol. The van der Waals surface area contributed by atoms with Crippen LogP contribution in [0.2, 0.25) is 0 Å². The molecule has 3 aromatic heterocycles. The van der Waals surface area contributed by atoms with Crippen LogP contribution in [0.4, 0.5) is 10.6 Å². The Kier molecular flexibility index (Phi) is 5.44. The Labute approximate surface area is 198 Å². The minimum Gasteiger partial charge on any atom is -0.460 e. The van der Waals surface area contributed by atoms with Crippen molar-refractivity contribution in [2.75, 3.05) is 31.1 Å². The lowest BCUT2D eigenvalue weighted by Gasteiger charge is -2.36. The normalized spacial score (nSPS) is 18.4. The number of aliphatic hydroxyl groups excluding tert-OH is 1. The number of rotatable bonds is 2. The van der Waals surface area contributed by atoms with Crippen LogP contribution in [0.5, 0.6) is 5.75 Å². The van der Waals surface area contributed by atoms with Gasteiger partial charge >= 0.3 is 6.09 Å². The molecule has 0 radical (unpaired) electrons. The summed E-state index contributed by atoms with van der Waals surface area (Å²) in [6.07, 6.45) is 6.02. The summed E-state index contributed by atoms with van der Waals surface area (Å²) in [5, 5.41) is 10.7. The van der Waals surface area contributed by atoms with E-state index in [0.717, 1.165) is 22.6 Å². The van der Waals surface area contributed by atoms with Crippen molar-refractivity contribution < 1.29 is 19.4 Å². The van der Waals surface area contributed by atoms with Gasteiger partial charge in [0.2, 0.25) is 6.29 Å². The van der Waals surface area contributed by atoms with Gasteiger partial charge in [-0.1, -0.05) is 0 Å². The van der Waals surface area contributed by atoms with Gasteiger partial charge in [0.05, 0.1) is 5.69 Å². The number of ether oxygens (including phenoxy) is 2. The standard InChI is InChI=1S/C25H29N5O4/c1-16-5-6-30-15-19(27-22(30)11-16)18-12-17-14-26-21(13-20(17)33-23(18)31)28-7-9-29(10-8-28)24(32)34-25(2,3)4/h5-6,11-15,23,31H,7-10H2,1-4H3. The molecule has 9 nitrogen and oxygen atoms in total. The molecule has 34 heavy (non-hydrogen) atoms. The molecule has 1 fully saturated rings. The number of aliphatic hydroxyl groups is 1. The molecule has 5 heterocycles. The molecule has 0 spiro atoms. The number of anilines is 1. The van der Waals surface area contributed by atoms with Crippen molar-refractivity contribution in [2.45, 2.75) is 39.6 Å². The molecular formula is C25H29N5O4. The van der Waals surface area contributed by atoms with Gasteiger partial charge < -0.3 is 28.8 Å². The lowest BCUT2D eigenvalue weighted by molar-refractivity contribution is 0.0238. The van der Waals surface area contributed by atoms with Gasteiger partial charge in [0.25, 0.3) is 0 Å². The number of pyridine rings is 2. The molecule has 1 atom stereocenters. The molecule has 0 aromatic carbocycles. The van der Waals surface area contributed by atoms with E-state index in [1.54, 1.807) is 11.1 Å². The van der Waals surface area contributed by atoms with Gasteiger partial charge in [-0.2, -0.15) is 0 Å². The first kappa shape index (κ1) is 22.2. The van der Waals surface area contributed by atoms with Crippen LogP contribution in [0.1, 0.15) is 37.6 Å². The summed E-state index contributed by atoms with van der Waals surface area (Å²) in [7, 11) is 0. The lowest BCUT2D eigenvalue weighted by atomic mass is 10.1. The van der Waals surface area contributed by atoms with E-state index >= 15 is 0 Å². The highest BCUT2D eigenvalue weighted by atomic mass is 16.6. The number of aryl methyl sites for hydroxylation is 1. The van der Waals surface area contributed by atoms with E-state index in [2.05, 4.69) is 14.9 Å². The van der Waals surface area contributed by atoms with E-state index in [0.29, 0.717) is 43.2 Å². The summed E-state index contributed by atoms with van der Waals surface area (Å²) in [5.41, 5.74) is 3.45. The van der Waals surface area contributed by atoms with E-state index in [1.165, 1.54) is 0 Å². The smallest absolute Gasteiger partial charge is 0.410 e. The zero-order chi connectivity index (χ0) is 24.0. The quantitative estimate of drug-likeness (QED) is 0.623. The van der Waals surface area contributed by atoms with Crippen LogP contribution in [0.15, 0.2) is 36.8 Å². The molecule has 2 aliphatic rings. The summed E-state index contributed by atoms with van der Waals surface area (Å²) >= 11 is 0. The van der Waals surface area contributed by atoms with Crippen LogP contribution < -0.4 is 9.64 Å². The first-order valence-electron chi connectivity index (χ1n) is 11.4. The van der Waals surface area contributed by atoms with E-state index in [1.807, 2.05) is 68.8 Å². The maximum Gasteiger partial charge on any atom is 0.410 e. The van der Waals surface area contributed by atoms with Gasteiger partial charge in [-0.3, -0.25) is 0 Å². The van der Waals surface area contributed by atoms with Gasteiger partial charge in [-0.15, -0.1) is 0 Å². The zero-order valence-corrected chi connectivity index (χ0v) is 19.9. The van der Waals surface area contributed by atoms with Gasteiger partial charge in [-0.05, 0) is 51.5 Å². The van der Waals surface area contributed by atoms with Crippen LogP contribution >= 0.6 is 0 Å². The summed E-state index contributed by atoms with van der Waals surface area (Å²) in [6.45, 7) is 9.98. The van der Waals surface area contributed by atoms with Crippen molar-refractivity contribution in [3.8, 4) is 5.75 Å². The third-order valence-corrected chi connectivity index (χ3v) is 5.86. The van der Waals surface area contributed by atoms with Crippen molar-refractivity contribution in [2.24, 2.45) is 0 Å². The molecule has 5 rings (SSSR count). The second-order valence-corrected chi connectivity index (χ2v) is 9.70. The van der Waals surface area contributed by atoms with Crippen LogP contribution in [0.3, 0.4) is 0 Å². The number of carbonyl (C=O) groups excluding carboxylic acids is 1. The number of aromatic nitrogens is 3. The molecular weight excluding hydrogens is 434 g/mol. The van der Waals surface area contributed by atoms with Crippen LogP contribution in [0, 0.1) is 6.92 Å². The van der Waals surface area contributed by atoms with Crippen molar-refractivity contribution >= 4 is 29.2 Å². The number of fused-ring (bicyclic) bond motifs is 2. The Hall–Kier alpha value is -3.59. The maximum absolute atomic E-state index is 12.3. The van der Waals surface area contributed by atoms with Crippen LogP contribution in [-0.2, 0) is 4.74 Å². The Bertz CT molecular complexity index is 1270. The molecule has 0 saturated carbocycles. The first-order valence-corrected chi connectivity index (χ1v) is 11.4. The Morgan fingerprint density at radius 3 is 2.71 bits per heavy atom. The van der Waals surface area contributed by atoms with Crippen molar-refractivity contribution in [1.82, 2.24) is 19.3 Å². The minimum atomic E-state index is -1.13. The minimum absolute atomic E-state index is 0.295. The summed E-state index contributed by atoms with van der Waals surface area (Å²) in [5.74, 6) is 1.31. The summed E-state index contributed by atoms with van der Waals surface area (Å²) in [4.78, 5) is 25.4. The van der Waals surface area contributed by atoms with Crippen molar-refractivity contribution in [3.63, 3.8) is 0 Å². The Balaban J connectivity index is 1.32. The molecule has 178 valence electrons. The second kappa shape index (κ2) is 8.32. The largest absolute Gasteiger partial charge is 0.460 e. The number of hydrogen-bond donors (Lipinski definition) is 1. The molecule has 1 unspecified atom stereocenters. The van der Waals surface area contributed by atoms with Crippen molar-refractivity contribution in [3.05, 3.63) is 53.6 Å². The summed E-state index contributed by atoms with van der Waals surface area (Å²) in [6, 6.07) is 5.83. The highest BCUT2D eigenvalue weighted by molar-refractivity contribution is 5.86. The Morgan fingerprint density at radius 1 is 1.21 bits per heavy atom. The molecule has 0 aliphatic carbocycles. The fourth-order valence-corrected chi connectivity index (χ4v) is 4.11. The molecule has 2 aliphatic heterocycles. The lowest BCUT2D eigenvalue weighted by Crippen LogP contribution is -2.50. The van der Waals surface area contributed by atoms with E-state index in [4.69, 9.17) is 9.47 Å². The molecule has 9 heteroatoms. The fourth-order valence-electron chi connectivity index (χ4n) is 4.11. The zero-order valence-electron chi connectivity index (χ0n) is 19.9. The SMILES string of the molecule is Cc1ccn2cc(C3=Cc4cnc(N5CCN(C(=O)OC(C)(C)C)CC5)cc4OC3O)nc2c1. The highest BCUT2D eigenvalue weighted by Crippen LogP contribution is 2.35. The van der Waals surface area contributed by atoms with E-state index < -0.39 is 11.9 Å². The number of nitrogens with zero attached hydrogens (tertiary/aromatic N) is 5.